The van der Waals surface area contributed by atoms with E-state index in [2.05, 4.69) is 20.4 Å². The van der Waals surface area contributed by atoms with Gasteiger partial charge in [0.25, 0.3) is 5.91 Å². The second-order valence-corrected chi connectivity index (χ2v) is 3.14. The van der Waals surface area contributed by atoms with Crippen molar-refractivity contribution in [2.75, 3.05) is 11.1 Å². The van der Waals surface area contributed by atoms with E-state index in [4.69, 9.17) is 5.73 Å². The molecule has 0 atom stereocenters. The molecular weight excluding hydrogens is 208 g/mol. The van der Waals surface area contributed by atoms with Gasteiger partial charge in [-0.25, -0.2) is 9.67 Å². The van der Waals surface area contributed by atoms with Crippen molar-refractivity contribution in [3.63, 3.8) is 0 Å². The number of anilines is 2. The van der Waals surface area contributed by atoms with Gasteiger partial charge >= 0.3 is 0 Å². The highest BCUT2D eigenvalue weighted by Crippen LogP contribution is 2.04. The van der Waals surface area contributed by atoms with Gasteiger partial charge in [0.05, 0.1) is 11.9 Å². The summed E-state index contributed by atoms with van der Waals surface area (Å²) < 4.78 is 1.45. The first kappa shape index (κ1) is 10.1. The standard InChI is InChI=1S/C9H10N6O/c1-15-9(12-5-13-15)14-8(16)7-3-2-6(10)4-11-7/h2-5H,10H2,1H3,(H,12,13,14,16). The van der Waals surface area contributed by atoms with Crippen molar-refractivity contribution in [2.45, 2.75) is 0 Å². The van der Waals surface area contributed by atoms with Crippen molar-refractivity contribution in [1.29, 1.82) is 0 Å². The van der Waals surface area contributed by atoms with Crippen LogP contribution in [-0.2, 0) is 7.05 Å². The van der Waals surface area contributed by atoms with Crippen LogP contribution in [0.4, 0.5) is 11.6 Å². The second kappa shape index (κ2) is 3.97. The molecule has 0 aliphatic carbocycles. The van der Waals surface area contributed by atoms with Gasteiger partial charge in [-0.2, -0.15) is 10.1 Å². The second-order valence-electron chi connectivity index (χ2n) is 3.14. The minimum Gasteiger partial charge on any atom is -0.397 e. The van der Waals surface area contributed by atoms with Crippen LogP contribution in [0.15, 0.2) is 24.7 Å². The fraction of sp³-hybridized carbons (Fsp3) is 0.111. The smallest absolute Gasteiger partial charge is 0.276 e. The molecule has 2 aromatic rings. The number of nitrogens with two attached hydrogens (primary N) is 1. The zero-order valence-corrected chi connectivity index (χ0v) is 8.58. The maximum Gasteiger partial charge on any atom is 0.276 e. The highest BCUT2D eigenvalue weighted by molar-refractivity contribution is 6.01. The van der Waals surface area contributed by atoms with Gasteiger partial charge in [0.15, 0.2) is 0 Å². The topological polar surface area (TPSA) is 98.7 Å². The number of nitrogens with one attached hydrogen (secondary N) is 1. The molecule has 1 amide bonds. The van der Waals surface area contributed by atoms with Crippen LogP contribution in [0.1, 0.15) is 10.5 Å². The minimum absolute atomic E-state index is 0.275. The Morgan fingerprint density at radius 2 is 2.25 bits per heavy atom. The van der Waals surface area contributed by atoms with Gasteiger partial charge in [0, 0.05) is 7.05 Å². The number of carbonyl (C=O) groups excluding carboxylic acids is 1. The summed E-state index contributed by atoms with van der Waals surface area (Å²) in [7, 11) is 1.68. The maximum atomic E-state index is 11.7. The van der Waals surface area contributed by atoms with Crippen LogP contribution in [0.2, 0.25) is 0 Å². The molecule has 0 bridgehead atoms. The van der Waals surface area contributed by atoms with Crippen LogP contribution in [0, 0.1) is 0 Å². The molecule has 82 valence electrons. The van der Waals surface area contributed by atoms with Crippen molar-refractivity contribution in [2.24, 2.45) is 7.05 Å². The number of aryl methyl sites for hydroxylation is 1. The van der Waals surface area contributed by atoms with Gasteiger partial charge in [-0.15, -0.1) is 0 Å². The zero-order valence-electron chi connectivity index (χ0n) is 8.58. The van der Waals surface area contributed by atoms with E-state index in [0.717, 1.165) is 0 Å². The Bertz CT molecular complexity index is 503. The first-order valence-electron chi connectivity index (χ1n) is 4.53. The lowest BCUT2D eigenvalue weighted by Gasteiger charge is -2.02. The highest BCUT2D eigenvalue weighted by Gasteiger charge is 2.09. The molecule has 2 heterocycles. The molecule has 0 spiro atoms. The van der Waals surface area contributed by atoms with E-state index >= 15 is 0 Å². The van der Waals surface area contributed by atoms with Gasteiger partial charge < -0.3 is 5.73 Å². The Morgan fingerprint density at radius 1 is 1.44 bits per heavy atom. The third kappa shape index (κ3) is 1.97. The van der Waals surface area contributed by atoms with Crippen LogP contribution in [-0.4, -0.2) is 25.7 Å². The number of amides is 1. The lowest BCUT2D eigenvalue weighted by Crippen LogP contribution is -2.16. The molecule has 0 aromatic carbocycles. The van der Waals surface area contributed by atoms with Gasteiger partial charge in [-0.3, -0.25) is 10.1 Å². The molecule has 7 heteroatoms. The van der Waals surface area contributed by atoms with Crippen LogP contribution >= 0.6 is 0 Å². The third-order valence-electron chi connectivity index (χ3n) is 1.96. The quantitative estimate of drug-likeness (QED) is 0.741. The van der Waals surface area contributed by atoms with Crippen molar-refractivity contribution >= 4 is 17.5 Å². The summed E-state index contributed by atoms with van der Waals surface area (Å²) in [5, 5.41) is 6.40. The van der Waals surface area contributed by atoms with E-state index < -0.39 is 0 Å². The number of aromatic nitrogens is 4. The van der Waals surface area contributed by atoms with E-state index in [1.54, 1.807) is 19.2 Å². The van der Waals surface area contributed by atoms with Crippen LogP contribution in [0.25, 0.3) is 0 Å². The van der Waals surface area contributed by atoms with E-state index in [9.17, 15) is 4.79 Å². The average Bonchev–Trinajstić information content (AvgIpc) is 2.65. The number of nitrogens with zero attached hydrogens (tertiary/aromatic N) is 4. The van der Waals surface area contributed by atoms with Crippen LogP contribution < -0.4 is 11.1 Å². The number of carbonyl (C=O) groups is 1. The van der Waals surface area contributed by atoms with Crippen LogP contribution in [0.5, 0.6) is 0 Å². The van der Waals surface area contributed by atoms with Gasteiger partial charge in [0.1, 0.15) is 12.0 Å². The SMILES string of the molecule is Cn1ncnc1NC(=O)c1ccc(N)cn1. The Labute approximate surface area is 91.3 Å². The third-order valence-corrected chi connectivity index (χ3v) is 1.96. The zero-order chi connectivity index (χ0) is 11.5. The van der Waals surface area contributed by atoms with Gasteiger partial charge in [-0.1, -0.05) is 0 Å². The lowest BCUT2D eigenvalue weighted by molar-refractivity contribution is 0.102. The lowest BCUT2D eigenvalue weighted by atomic mass is 10.3. The molecule has 2 rings (SSSR count). The number of rotatable bonds is 2. The molecule has 0 fully saturated rings. The van der Waals surface area contributed by atoms with Crippen molar-refractivity contribution in [1.82, 2.24) is 19.7 Å². The summed E-state index contributed by atoms with van der Waals surface area (Å²) in [5.41, 5.74) is 6.25. The summed E-state index contributed by atoms with van der Waals surface area (Å²) in [5.74, 6) is 0.0136. The highest BCUT2D eigenvalue weighted by atomic mass is 16.2. The largest absolute Gasteiger partial charge is 0.397 e. The molecule has 0 unspecified atom stereocenters. The molecule has 0 aliphatic heterocycles. The molecule has 0 saturated heterocycles. The molecule has 16 heavy (non-hydrogen) atoms. The Hall–Kier alpha value is -2.44. The van der Waals surface area contributed by atoms with Crippen molar-refractivity contribution < 1.29 is 4.79 Å². The first-order chi connectivity index (χ1) is 7.66. The fourth-order valence-electron chi connectivity index (χ4n) is 1.11. The van der Waals surface area contributed by atoms with Gasteiger partial charge in [-0.05, 0) is 12.1 Å². The predicted molar refractivity (Wildman–Crippen MR) is 57.6 cm³/mol. The van der Waals surface area contributed by atoms with Crippen molar-refractivity contribution in [3.8, 4) is 0 Å². The summed E-state index contributed by atoms with van der Waals surface area (Å²) in [4.78, 5) is 19.4. The normalized spacial score (nSPS) is 10.1. The number of nitrogen functional groups attached to an aromatic ring is 1. The molecule has 7 nitrogen and oxygen atoms in total. The van der Waals surface area contributed by atoms with Gasteiger partial charge in [0.2, 0.25) is 5.95 Å². The molecule has 0 radical (unpaired) electrons. The summed E-state index contributed by atoms with van der Waals surface area (Å²) in [6, 6.07) is 3.15. The molecule has 2 aromatic heterocycles. The molecular formula is C9H10N6O. The Kier molecular flexibility index (Phi) is 2.50. The van der Waals surface area contributed by atoms with Crippen molar-refractivity contribution in [3.05, 3.63) is 30.4 Å². The molecule has 0 saturated carbocycles. The fourth-order valence-corrected chi connectivity index (χ4v) is 1.11. The van der Waals surface area contributed by atoms with E-state index in [1.807, 2.05) is 0 Å². The van der Waals surface area contributed by atoms with E-state index in [1.165, 1.54) is 17.2 Å². The summed E-state index contributed by atoms with van der Waals surface area (Å²) in [6.07, 6.45) is 2.78. The van der Waals surface area contributed by atoms with E-state index in [0.29, 0.717) is 11.6 Å². The van der Waals surface area contributed by atoms with E-state index in [-0.39, 0.29) is 11.6 Å². The van der Waals surface area contributed by atoms with Crippen LogP contribution in [0.3, 0.4) is 0 Å². The predicted octanol–water partition coefficient (Wildman–Crippen LogP) is 0.0446. The Morgan fingerprint density at radius 3 is 2.81 bits per heavy atom. The molecule has 0 aliphatic rings. The monoisotopic (exact) mass is 218 g/mol. The number of hydrogen-bond acceptors (Lipinski definition) is 5. The molecule has 3 N–H and O–H groups in total. The Balaban J connectivity index is 2.15. The first-order valence-corrected chi connectivity index (χ1v) is 4.53. The average molecular weight is 218 g/mol. The minimum atomic E-state index is -0.351. The number of pyridine rings is 1. The summed E-state index contributed by atoms with van der Waals surface area (Å²) >= 11 is 0. The summed E-state index contributed by atoms with van der Waals surface area (Å²) in [6.45, 7) is 0. The maximum absolute atomic E-state index is 11.7. The number of hydrogen-bond donors (Lipinski definition) is 2.